The number of carbonyl (C=O) groups is 2. The van der Waals surface area contributed by atoms with Gasteiger partial charge in [-0.3, -0.25) is 4.79 Å². The van der Waals surface area contributed by atoms with Gasteiger partial charge in [-0.1, -0.05) is 153 Å². The van der Waals surface area contributed by atoms with Gasteiger partial charge in [0.2, 0.25) is 0 Å². The molecule has 0 amide bonds. The van der Waals surface area contributed by atoms with Crippen LogP contribution in [-0.2, 0) is 22.9 Å². The maximum atomic E-state index is 13.8. The second-order valence-corrected chi connectivity index (χ2v) is 37.0. The third-order valence-electron chi connectivity index (χ3n) is 14.1. The summed E-state index contributed by atoms with van der Waals surface area (Å²) in [5, 5.41) is 20.6. The number of hydrogen-bond donors (Lipinski definition) is 2. The van der Waals surface area contributed by atoms with Crippen LogP contribution in [0.1, 0.15) is 130 Å². The number of aliphatic hydroxyl groups is 1. The summed E-state index contributed by atoms with van der Waals surface area (Å²) in [4.78, 5) is 24.8. The van der Waals surface area contributed by atoms with Crippen LogP contribution >= 0.6 is 0 Å². The first-order valence-electron chi connectivity index (χ1n) is 22.8. The Labute approximate surface area is 373 Å². The molecule has 348 valence electrons. The molecule has 0 aliphatic rings. The molecule has 10 atom stereocenters. The average Bonchev–Trinajstić information content (AvgIpc) is 3.09. The van der Waals surface area contributed by atoms with Gasteiger partial charge in [0.15, 0.2) is 30.7 Å². The highest BCUT2D eigenvalue weighted by molar-refractivity contribution is 6.75. The largest absolute Gasteiger partial charge is 0.478 e. The van der Waals surface area contributed by atoms with Gasteiger partial charge in [0.05, 0.1) is 24.4 Å². The number of aliphatic carboxylic acids is 1. The van der Waals surface area contributed by atoms with Gasteiger partial charge >= 0.3 is 5.97 Å². The lowest BCUT2D eigenvalue weighted by molar-refractivity contribution is -0.131. The second kappa shape index (κ2) is 24.4. The van der Waals surface area contributed by atoms with Crippen molar-refractivity contribution < 1.29 is 33.1 Å². The highest BCUT2D eigenvalue weighted by Crippen LogP contribution is 2.42. The normalized spacial score (nSPS) is 19.3. The van der Waals surface area contributed by atoms with Gasteiger partial charge in [-0.25, -0.2) is 4.79 Å². The van der Waals surface area contributed by atoms with E-state index in [-0.39, 0.29) is 75.2 Å². The minimum Gasteiger partial charge on any atom is -0.478 e. The highest BCUT2D eigenvalue weighted by atomic mass is 28.4. The van der Waals surface area contributed by atoms with Crippen molar-refractivity contribution >= 4 is 36.7 Å². The van der Waals surface area contributed by atoms with Gasteiger partial charge in [-0.2, -0.15) is 0 Å². The van der Waals surface area contributed by atoms with Gasteiger partial charge in [-0.15, -0.1) is 0 Å². The van der Waals surface area contributed by atoms with E-state index in [0.717, 1.165) is 25.3 Å². The van der Waals surface area contributed by atoms with E-state index in [4.69, 9.17) is 18.4 Å². The third-order valence-corrected chi connectivity index (χ3v) is 27.6. The summed E-state index contributed by atoms with van der Waals surface area (Å²) >= 11 is 0. The molecular formula is C50H94O7Si3. The third kappa shape index (κ3) is 19.8. The molecule has 0 aromatic carbocycles. The molecule has 10 heteroatoms. The van der Waals surface area contributed by atoms with Crippen LogP contribution in [-0.4, -0.2) is 71.3 Å². The van der Waals surface area contributed by atoms with Crippen molar-refractivity contribution in [2.45, 2.75) is 208 Å². The smallest absolute Gasteiger partial charge is 0.328 e. The molecule has 0 saturated carbocycles. The fourth-order valence-corrected chi connectivity index (χ4v) is 11.0. The van der Waals surface area contributed by atoms with E-state index in [1.54, 1.807) is 18.2 Å². The quantitative estimate of drug-likeness (QED) is 0.0506. The number of rotatable bonds is 26. The van der Waals surface area contributed by atoms with E-state index >= 15 is 0 Å². The molecule has 0 bridgehead atoms. The fourth-order valence-electron chi connectivity index (χ4n) is 6.67. The minimum atomic E-state index is -2.22. The summed E-state index contributed by atoms with van der Waals surface area (Å²) in [5.74, 6) is -0.516. The van der Waals surface area contributed by atoms with E-state index < -0.39 is 37.0 Å². The molecule has 0 radical (unpaired) electrons. The van der Waals surface area contributed by atoms with Crippen molar-refractivity contribution in [3.8, 4) is 0 Å². The molecule has 0 aromatic rings. The number of hydrogen-bond acceptors (Lipinski definition) is 6. The van der Waals surface area contributed by atoms with E-state index in [9.17, 15) is 14.7 Å². The predicted molar refractivity (Wildman–Crippen MR) is 265 cm³/mol. The van der Waals surface area contributed by atoms with Crippen molar-refractivity contribution in [1.29, 1.82) is 0 Å². The Bertz CT molecular complexity index is 1440. The number of allylic oxidation sites excluding steroid dienone is 5. The van der Waals surface area contributed by atoms with Gasteiger partial charge < -0.3 is 23.5 Å². The topological polar surface area (TPSA) is 102 Å². The van der Waals surface area contributed by atoms with Crippen LogP contribution in [0.25, 0.3) is 0 Å². The summed E-state index contributed by atoms with van der Waals surface area (Å²) in [6.07, 6.45) is 17.8. The predicted octanol–water partition coefficient (Wildman–Crippen LogP) is 14.0. The van der Waals surface area contributed by atoms with Crippen molar-refractivity contribution in [3.05, 3.63) is 61.3 Å². The zero-order valence-electron chi connectivity index (χ0n) is 42.4. The minimum absolute atomic E-state index is 0.00143. The average molecular weight is 892 g/mol. The molecule has 0 heterocycles. The Morgan fingerprint density at radius 1 is 0.617 bits per heavy atom. The number of carbonyl (C=O) groups excluding carboxylic acids is 1. The van der Waals surface area contributed by atoms with Gasteiger partial charge in [0.25, 0.3) is 0 Å². The summed E-state index contributed by atoms with van der Waals surface area (Å²) in [6.45, 7) is 50.7. The van der Waals surface area contributed by atoms with Crippen LogP contribution in [0.4, 0.5) is 0 Å². The Kier molecular flexibility index (Phi) is 23.7. The number of carboxylic acid groups (broad SMARTS) is 1. The molecule has 0 spiro atoms. The van der Waals surface area contributed by atoms with Crippen molar-refractivity contribution in [2.24, 2.45) is 35.5 Å². The van der Waals surface area contributed by atoms with Crippen LogP contribution in [0, 0.1) is 35.5 Å². The molecule has 0 saturated heterocycles. The van der Waals surface area contributed by atoms with Crippen LogP contribution in [0.3, 0.4) is 0 Å². The highest BCUT2D eigenvalue weighted by Gasteiger charge is 2.44. The standard InChI is InChI=1S/C50H94O7Si3/c1-23-24-27-38(4)46(54)41(7)43(55-58(17,18)48(8,9)10)33-30-36(2)34-40(6)47(57-60(21,22)50(14,15)16)39(5)31-32-42(51)35-44(56-59(19,20)49(11,12)13)37(3)28-25-26-29-45(52)53/h23-29,31-32,36-41,43-44,46-47,54H,1,30,33-35H2,2-22H3,(H,52,53)/b27-24-,28-25+,29-26-,32-31-/t36-,37+,38-,39-,40-,41-,43+,44-,46-,47-/m0/s1. The van der Waals surface area contributed by atoms with Crippen LogP contribution in [0.2, 0.25) is 54.4 Å². The number of aliphatic hydroxyl groups excluding tert-OH is 1. The van der Waals surface area contributed by atoms with Crippen molar-refractivity contribution in [1.82, 2.24) is 0 Å². The molecule has 0 aliphatic heterocycles. The molecular weight excluding hydrogens is 797 g/mol. The first-order chi connectivity index (χ1) is 27.0. The Balaban J connectivity index is 6.50. The molecule has 0 aliphatic carbocycles. The van der Waals surface area contributed by atoms with Crippen LogP contribution < -0.4 is 0 Å². The zero-order valence-corrected chi connectivity index (χ0v) is 45.4. The van der Waals surface area contributed by atoms with Crippen molar-refractivity contribution in [3.63, 3.8) is 0 Å². The number of ketones is 1. The van der Waals surface area contributed by atoms with E-state index in [0.29, 0.717) is 5.92 Å². The SMILES string of the molecule is C=C/C=C\[C@H](C)[C@H](O)[C@@H](C)[C@@H](CC[C@H](C)C[C@H](C)[C@@H](O[Si](C)(C)C(C)(C)C)[C@@H](C)/C=C\C(=O)C[C@H](O[Si](C)(C)C(C)(C)C)[C@H](C)/C=C/C=C\C(=O)O)O[Si](C)(C)C(C)(C)C. The maximum absolute atomic E-state index is 13.8. The summed E-state index contributed by atoms with van der Waals surface area (Å²) < 4.78 is 21.2. The van der Waals surface area contributed by atoms with Crippen LogP contribution in [0.15, 0.2) is 61.3 Å². The van der Waals surface area contributed by atoms with Crippen LogP contribution in [0.5, 0.6) is 0 Å². The summed E-state index contributed by atoms with van der Waals surface area (Å²) in [6, 6.07) is 0. The lowest BCUT2D eigenvalue weighted by atomic mass is 9.82. The van der Waals surface area contributed by atoms with Gasteiger partial charge in [0, 0.05) is 24.3 Å². The first kappa shape index (κ1) is 58.3. The Morgan fingerprint density at radius 2 is 1.08 bits per heavy atom. The number of carboxylic acids is 1. The molecule has 0 unspecified atom stereocenters. The molecule has 0 aromatic heterocycles. The molecule has 0 fully saturated rings. The lowest BCUT2D eigenvalue weighted by Crippen LogP contribution is -2.48. The summed E-state index contributed by atoms with van der Waals surface area (Å²) in [7, 11) is -6.51. The van der Waals surface area contributed by atoms with Gasteiger partial charge in [0.1, 0.15) is 0 Å². The van der Waals surface area contributed by atoms with E-state index in [1.807, 2.05) is 25.2 Å². The monoisotopic (exact) mass is 891 g/mol. The van der Waals surface area contributed by atoms with Gasteiger partial charge in [-0.05, 0) is 103 Å². The zero-order chi connectivity index (χ0) is 47.2. The Hall–Kier alpha value is -1.67. The molecule has 0 rings (SSSR count). The maximum Gasteiger partial charge on any atom is 0.328 e. The second-order valence-electron chi connectivity index (χ2n) is 22.7. The van der Waals surface area contributed by atoms with E-state index in [2.05, 4.69) is 149 Å². The lowest BCUT2D eigenvalue weighted by Gasteiger charge is -2.43. The van der Waals surface area contributed by atoms with Crippen molar-refractivity contribution in [2.75, 3.05) is 0 Å². The van der Waals surface area contributed by atoms with E-state index in [1.165, 1.54) is 6.08 Å². The fraction of sp³-hybridized carbons (Fsp3) is 0.760. The first-order valence-corrected chi connectivity index (χ1v) is 31.5. The Morgan fingerprint density at radius 3 is 1.55 bits per heavy atom. The summed E-state index contributed by atoms with van der Waals surface area (Å²) in [5.41, 5.74) is 0. The molecule has 7 nitrogen and oxygen atoms in total. The molecule has 2 N–H and O–H groups in total. The molecule has 60 heavy (non-hydrogen) atoms.